The molecular formula is C13H14FNO2. The highest BCUT2D eigenvalue weighted by molar-refractivity contribution is 5.82. The van der Waals surface area contributed by atoms with Crippen LogP contribution < -0.4 is 0 Å². The van der Waals surface area contributed by atoms with E-state index in [1.165, 1.54) is 12.1 Å². The topological polar surface area (TPSA) is 31.2 Å². The molecule has 4 heteroatoms. The van der Waals surface area contributed by atoms with Crippen molar-refractivity contribution in [1.82, 2.24) is 4.57 Å². The van der Waals surface area contributed by atoms with E-state index < -0.39 is 0 Å². The van der Waals surface area contributed by atoms with E-state index >= 15 is 0 Å². The van der Waals surface area contributed by atoms with Gasteiger partial charge in [-0.2, -0.15) is 0 Å². The lowest BCUT2D eigenvalue weighted by Crippen LogP contribution is -2.13. The normalized spacial score (nSPS) is 10.7. The molecule has 0 saturated heterocycles. The van der Waals surface area contributed by atoms with Gasteiger partial charge in [0.15, 0.2) is 0 Å². The number of rotatable bonds is 4. The summed E-state index contributed by atoms with van der Waals surface area (Å²) >= 11 is 0. The molecule has 0 unspecified atom stereocenters. The molecule has 0 N–H and O–H groups in total. The molecule has 1 heterocycles. The van der Waals surface area contributed by atoms with Gasteiger partial charge in [0.2, 0.25) is 0 Å². The molecule has 0 aliphatic heterocycles. The molecule has 3 nitrogen and oxygen atoms in total. The summed E-state index contributed by atoms with van der Waals surface area (Å²) in [6, 6.07) is 6.28. The molecule has 90 valence electrons. The van der Waals surface area contributed by atoms with Crippen molar-refractivity contribution in [2.24, 2.45) is 0 Å². The third-order valence-electron chi connectivity index (χ3n) is 2.50. The molecule has 1 aromatic carbocycles. The van der Waals surface area contributed by atoms with E-state index in [2.05, 4.69) is 0 Å². The van der Waals surface area contributed by atoms with Gasteiger partial charge in [0.05, 0.1) is 6.61 Å². The third-order valence-corrected chi connectivity index (χ3v) is 2.50. The Bertz CT molecular complexity index is 533. The van der Waals surface area contributed by atoms with Crippen molar-refractivity contribution in [1.29, 1.82) is 0 Å². The summed E-state index contributed by atoms with van der Waals surface area (Å²) in [5, 5.41) is 0.785. The molecule has 0 radical (unpaired) electrons. The van der Waals surface area contributed by atoms with E-state index in [0.29, 0.717) is 6.61 Å². The largest absolute Gasteiger partial charge is 0.464 e. The second kappa shape index (κ2) is 4.99. The number of ether oxygens (including phenoxy) is 1. The van der Waals surface area contributed by atoms with Crippen molar-refractivity contribution in [3.63, 3.8) is 0 Å². The van der Waals surface area contributed by atoms with Crippen LogP contribution in [0.25, 0.3) is 10.9 Å². The number of hydrogen-bond acceptors (Lipinski definition) is 2. The van der Waals surface area contributed by atoms with Crippen molar-refractivity contribution in [2.75, 3.05) is 6.61 Å². The molecular weight excluding hydrogens is 221 g/mol. The first kappa shape index (κ1) is 11.6. The fourth-order valence-corrected chi connectivity index (χ4v) is 1.71. The zero-order valence-corrected chi connectivity index (χ0v) is 9.65. The Morgan fingerprint density at radius 1 is 1.41 bits per heavy atom. The van der Waals surface area contributed by atoms with E-state index in [9.17, 15) is 9.18 Å². The highest BCUT2D eigenvalue weighted by Crippen LogP contribution is 2.17. The monoisotopic (exact) mass is 235 g/mol. The van der Waals surface area contributed by atoms with Gasteiger partial charge < -0.3 is 9.30 Å². The molecule has 2 aromatic rings. The van der Waals surface area contributed by atoms with E-state index in [0.717, 1.165) is 17.3 Å². The van der Waals surface area contributed by atoms with Crippen molar-refractivity contribution in [3.05, 3.63) is 36.3 Å². The predicted octanol–water partition coefficient (Wildman–Crippen LogP) is 2.73. The van der Waals surface area contributed by atoms with Crippen molar-refractivity contribution < 1.29 is 13.9 Å². The number of hydrogen-bond donors (Lipinski definition) is 0. The highest BCUT2D eigenvalue weighted by atomic mass is 19.1. The van der Waals surface area contributed by atoms with Crippen LogP contribution in [0.15, 0.2) is 30.5 Å². The second-order valence-electron chi connectivity index (χ2n) is 3.87. The van der Waals surface area contributed by atoms with Gasteiger partial charge in [-0.15, -0.1) is 0 Å². The molecule has 0 bridgehead atoms. The average molecular weight is 235 g/mol. The first-order valence-electron chi connectivity index (χ1n) is 5.60. The summed E-state index contributed by atoms with van der Waals surface area (Å²) in [6.07, 6.45) is 2.57. The Kier molecular flexibility index (Phi) is 3.42. The minimum absolute atomic E-state index is 0.162. The highest BCUT2D eigenvalue weighted by Gasteiger charge is 2.07. The number of fused-ring (bicyclic) bond motifs is 1. The Hall–Kier alpha value is -1.84. The molecule has 0 saturated carbocycles. The van der Waals surface area contributed by atoms with Gasteiger partial charge in [0.1, 0.15) is 12.4 Å². The van der Waals surface area contributed by atoms with Crippen LogP contribution >= 0.6 is 0 Å². The fourth-order valence-electron chi connectivity index (χ4n) is 1.71. The van der Waals surface area contributed by atoms with Crippen molar-refractivity contribution in [3.8, 4) is 0 Å². The zero-order chi connectivity index (χ0) is 12.3. The van der Waals surface area contributed by atoms with Crippen LogP contribution in [0.3, 0.4) is 0 Å². The quantitative estimate of drug-likeness (QED) is 0.763. The summed E-state index contributed by atoms with van der Waals surface area (Å²) in [6.45, 7) is 2.54. The molecule has 0 aliphatic carbocycles. The second-order valence-corrected chi connectivity index (χ2v) is 3.87. The predicted molar refractivity (Wildman–Crippen MR) is 63.1 cm³/mol. The molecule has 0 fully saturated rings. The van der Waals surface area contributed by atoms with Crippen LogP contribution in [0.4, 0.5) is 4.39 Å². The molecule has 17 heavy (non-hydrogen) atoms. The van der Waals surface area contributed by atoms with Gasteiger partial charge in [-0.25, -0.2) is 4.39 Å². The van der Waals surface area contributed by atoms with E-state index in [1.807, 2.05) is 6.92 Å². The third kappa shape index (κ3) is 2.64. The van der Waals surface area contributed by atoms with Gasteiger partial charge in [-0.1, -0.05) is 6.92 Å². The van der Waals surface area contributed by atoms with Crippen LogP contribution in [-0.4, -0.2) is 17.1 Å². The minimum Gasteiger partial charge on any atom is -0.464 e. The standard InChI is InChI=1S/C13H14FNO2/c1-2-7-17-13(16)9-15-6-5-10-8-11(14)3-4-12(10)15/h3-6,8H,2,7,9H2,1H3. The maximum atomic E-state index is 13.0. The first-order valence-corrected chi connectivity index (χ1v) is 5.60. The molecule has 2 rings (SSSR count). The smallest absolute Gasteiger partial charge is 0.325 e. The number of nitrogens with zero attached hydrogens (tertiary/aromatic N) is 1. The number of carbonyl (C=O) groups is 1. The maximum absolute atomic E-state index is 13.0. The number of aromatic nitrogens is 1. The molecule has 0 aliphatic rings. The Labute approximate surface area is 98.8 Å². The minimum atomic E-state index is -0.274. The summed E-state index contributed by atoms with van der Waals surface area (Å²) in [4.78, 5) is 11.5. The van der Waals surface area contributed by atoms with Crippen LogP contribution in [-0.2, 0) is 16.1 Å². The van der Waals surface area contributed by atoms with Gasteiger partial charge in [0.25, 0.3) is 0 Å². The van der Waals surface area contributed by atoms with Gasteiger partial charge in [0, 0.05) is 17.1 Å². The molecule has 0 spiro atoms. The van der Waals surface area contributed by atoms with Gasteiger partial charge in [-0.05, 0) is 30.7 Å². The Morgan fingerprint density at radius 3 is 3.00 bits per heavy atom. The van der Waals surface area contributed by atoms with Crippen LogP contribution in [0.1, 0.15) is 13.3 Å². The van der Waals surface area contributed by atoms with Crippen molar-refractivity contribution in [2.45, 2.75) is 19.9 Å². The average Bonchev–Trinajstić information content (AvgIpc) is 2.69. The Balaban J connectivity index is 2.16. The lowest BCUT2D eigenvalue weighted by atomic mass is 10.2. The summed E-state index contributed by atoms with van der Waals surface area (Å²) in [5.74, 6) is -0.544. The SMILES string of the molecule is CCCOC(=O)Cn1ccc2cc(F)ccc21. The first-order chi connectivity index (χ1) is 8.20. The molecule has 0 amide bonds. The Morgan fingerprint density at radius 2 is 2.24 bits per heavy atom. The van der Waals surface area contributed by atoms with Crippen molar-refractivity contribution >= 4 is 16.9 Å². The van der Waals surface area contributed by atoms with Gasteiger partial charge >= 0.3 is 5.97 Å². The van der Waals surface area contributed by atoms with Crippen LogP contribution in [0, 0.1) is 5.82 Å². The lowest BCUT2D eigenvalue weighted by Gasteiger charge is -2.05. The summed E-state index contributed by atoms with van der Waals surface area (Å²) in [5.41, 5.74) is 0.833. The van der Waals surface area contributed by atoms with Crippen LogP contribution in [0.2, 0.25) is 0 Å². The number of benzene rings is 1. The number of halogens is 1. The van der Waals surface area contributed by atoms with Crippen LogP contribution in [0.5, 0.6) is 0 Å². The van der Waals surface area contributed by atoms with E-state index in [-0.39, 0.29) is 18.3 Å². The number of carbonyl (C=O) groups excluding carboxylic acids is 1. The maximum Gasteiger partial charge on any atom is 0.325 e. The van der Waals surface area contributed by atoms with E-state index in [1.54, 1.807) is 22.9 Å². The lowest BCUT2D eigenvalue weighted by molar-refractivity contribution is -0.144. The molecule has 0 atom stereocenters. The van der Waals surface area contributed by atoms with E-state index in [4.69, 9.17) is 4.74 Å². The number of esters is 1. The summed E-state index contributed by atoms with van der Waals surface area (Å²) in [7, 11) is 0. The fraction of sp³-hybridized carbons (Fsp3) is 0.308. The molecule has 1 aromatic heterocycles. The van der Waals surface area contributed by atoms with Gasteiger partial charge in [-0.3, -0.25) is 4.79 Å². The zero-order valence-electron chi connectivity index (χ0n) is 9.65. The summed E-state index contributed by atoms with van der Waals surface area (Å²) < 4.78 is 19.7.